The van der Waals surface area contributed by atoms with Crippen LogP contribution in [0.15, 0.2) is 53.9 Å². The summed E-state index contributed by atoms with van der Waals surface area (Å²) in [5.74, 6) is -0.359. The van der Waals surface area contributed by atoms with Crippen LogP contribution in [0.1, 0.15) is 21.6 Å². The van der Waals surface area contributed by atoms with Crippen molar-refractivity contribution in [2.45, 2.75) is 13.5 Å². The number of benzene rings is 2. The van der Waals surface area contributed by atoms with E-state index in [1.807, 2.05) is 37.3 Å². The largest absolute Gasteiger partial charge is 0.366 e. The molecule has 0 saturated carbocycles. The zero-order chi connectivity index (χ0) is 20.2. The summed E-state index contributed by atoms with van der Waals surface area (Å²) >= 11 is 1.47. The van der Waals surface area contributed by atoms with Gasteiger partial charge in [-0.1, -0.05) is 42.0 Å². The van der Waals surface area contributed by atoms with Crippen LogP contribution in [0.5, 0.6) is 0 Å². The molecule has 0 spiro atoms. The van der Waals surface area contributed by atoms with Crippen molar-refractivity contribution in [1.29, 1.82) is 0 Å². The molecule has 0 radical (unpaired) electrons. The van der Waals surface area contributed by atoms with Gasteiger partial charge in [-0.2, -0.15) is 0 Å². The number of hydrogen-bond acceptors (Lipinski definition) is 5. The maximum absolute atomic E-state index is 14.0. The van der Waals surface area contributed by atoms with Crippen molar-refractivity contribution in [3.05, 3.63) is 76.5 Å². The number of rotatable bonds is 5. The van der Waals surface area contributed by atoms with Crippen molar-refractivity contribution in [1.82, 2.24) is 10.3 Å². The van der Waals surface area contributed by atoms with Crippen LogP contribution in [-0.4, -0.2) is 37.1 Å². The van der Waals surface area contributed by atoms with Crippen molar-refractivity contribution in [3.8, 4) is 0 Å². The van der Waals surface area contributed by atoms with Crippen LogP contribution in [-0.2, 0) is 6.54 Å². The maximum Gasteiger partial charge on any atom is 0.271 e. The molecule has 2 heterocycles. The second-order valence-corrected chi connectivity index (χ2v) is 7.95. The van der Waals surface area contributed by atoms with Gasteiger partial charge in [0.15, 0.2) is 5.13 Å². The summed E-state index contributed by atoms with van der Waals surface area (Å²) < 4.78 is 14.0. The lowest BCUT2D eigenvalue weighted by atomic mass is 10.1. The molecule has 29 heavy (non-hydrogen) atoms. The third kappa shape index (κ3) is 4.56. The number of thiazole rings is 1. The molecule has 0 bridgehead atoms. The predicted octanol–water partition coefficient (Wildman–Crippen LogP) is 3.85. The highest BCUT2D eigenvalue weighted by atomic mass is 32.1. The van der Waals surface area contributed by atoms with E-state index in [4.69, 9.17) is 0 Å². The average molecular weight is 411 g/mol. The summed E-state index contributed by atoms with van der Waals surface area (Å²) in [5.41, 5.74) is 3.32. The lowest BCUT2D eigenvalue weighted by molar-refractivity contribution is 0.0946. The van der Waals surface area contributed by atoms with Crippen molar-refractivity contribution in [2.75, 3.05) is 36.0 Å². The van der Waals surface area contributed by atoms with Gasteiger partial charge in [-0.05, 0) is 24.6 Å². The highest BCUT2D eigenvalue weighted by molar-refractivity contribution is 7.13. The molecule has 0 atom stereocenters. The fourth-order valence-corrected chi connectivity index (χ4v) is 4.32. The molecule has 1 aliphatic heterocycles. The Morgan fingerprint density at radius 1 is 1.10 bits per heavy atom. The Kier molecular flexibility index (Phi) is 5.76. The zero-order valence-corrected chi connectivity index (χ0v) is 17.1. The Hall–Kier alpha value is -2.93. The SMILES string of the molecule is Cc1cccc(CNC(=O)c2csc(N3CCN(c4ccccc4F)CC3)n2)c1. The van der Waals surface area contributed by atoms with Gasteiger partial charge in [0, 0.05) is 38.1 Å². The molecule has 1 fully saturated rings. The minimum atomic E-state index is -0.192. The molecular weight excluding hydrogens is 387 g/mol. The van der Waals surface area contributed by atoms with Crippen molar-refractivity contribution in [2.24, 2.45) is 0 Å². The third-order valence-corrected chi connectivity index (χ3v) is 5.91. The summed E-state index contributed by atoms with van der Waals surface area (Å²) in [7, 11) is 0. The number of hydrogen-bond donors (Lipinski definition) is 1. The number of nitrogens with one attached hydrogen (secondary N) is 1. The standard InChI is InChI=1S/C22H23FN4OS/c1-16-5-4-6-17(13-16)14-24-21(28)19-15-29-22(25-19)27-11-9-26(10-12-27)20-8-3-2-7-18(20)23/h2-8,13,15H,9-12,14H2,1H3,(H,24,28). The Morgan fingerprint density at radius 3 is 2.62 bits per heavy atom. The first-order chi connectivity index (χ1) is 14.1. The van der Waals surface area contributed by atoms with Crippen molar-refractivity contribution in [3.63, 3.8) is 0 Å². The van der Waals surface area contributed by atoms with E-state index in [0.29, 0.717) is 17.9 Å². The molecule has 2 aromatic carbocycles. The second-order valence-electron chi connectivity index (χ2n) is 7.11. The molecule has 1 amide bonds. The summed E-state index contributed by atoms with van der Waals surface area (Å²) in [6, 6.07) is 14.9. The van der Waals surface area contributed by atoms with E-state index < -0.39 is 0 Å². The van der Waals surface area contributed by atoms with Crippen LogP contribution in [0.3, 0.4) is 0 Å². The number of aromatic nitrogens is 1. The molecular formula is C22H23FN4OS. The Balaban J connectivity index is 1.33. The summed E-state index contributed by atoms with van der Waals surface area (Å²) in [6.07, 6.45) is 0. The molecule has 1 aromatic heterocycles. The van der Waals surface area contributed by atoms with Crippen molar-refractivity contribution >= 4 is 28.1 Å². The highest BCUT2D eigenvalue weighted by Gasteiger charge is 2.22. The molecule has 0 aliphatic carbocycles. The smallest absolute Gasteiger partial charge is 0.271 e. The van der Waals surface area contributed by atoms with Crippen LogP contribution >= 0.6 is 11.3 Å². The first kappa shape index (κ1) is 19.4. The van der Waals surface area contributed by atoms with Crippen molar-refractivity contribution < 1.29 is 9.18 Å². The molecule has 3 aromatic rings. The van der Waals surface area contributed by atoms with E-state index in [1.165, 1.54) is 23.0 Å². The number of para-hydroxylation sites is 1. The zero-order valence-electron chi connectivity index (χ0n) is 16.3. The number of piperazine rings is 1. The molecule has 0 unspecified atom stereocenters. The van der Waals surface area contributed by atoms with E-state index in [0.717, 1.165) is 36.9 Å². The van der Waals surface area contributed by atoms with Gasteiger partial charge in [-0.25, -0.2) is 9.37 Å². The highest BCUT2D eigenvalue weighted by Crippen LogP contribution is 2.25. The van der Waals surface area contributed by atoms with E-state index >= 15 is 0 Å². The number of carbonyl (C=O) groups is 1. The van der Waals surface area contributed by atoms with Crippen LogP contribution in [0.25, 0.3) is 0 Å². The van der Waals surface area contributed by atoms with Gasteiger partial charge in [0.2, 0.25) is 0 Å². The minimum Gasteiger partial charge on any atom is -0.366 e. The third-order valence-electron chi connectivity index (χ3n) is 5.00. The topological polar surface area (TPSA) is 48.5 Å². The van der Waals surface area contributed by atoms with Crippen LogP contribution in [0.4, 0.5) is 15.2 Å². The number of amides is 1. The van der Waals surface area contributed by atoms with E-state index in [2.05, 4.69) is 26.2 Å². The van der Waals surface area contributed by atoms with Crippen LogP contribution in [0, 0.1) is 12.7 Å². The summed E-state index contributed by atoms with van der Waals surface area (Å²) in [6.45, 7) is 5.43. The van der Waals surface area contributed by atoms with Gasteiger partial charge in [0.25, 0.3) is 5.91 Å². The van der Waals surface area contributed by atoms with Gasteiger partial charge in [0.1, 0.15) is 11.5 Å². The quantitative estimate of drug-likeness (QED) is 0.694. The Morgan fingerprint density at radius 2 is 1.86 bits per heavy atom. The van der Waals surface area contributed by atoms with Gasteiger partial charge in [0.05, 0.1) is 5.69 Å². The van der Waals surface area contributed by atoms with E-state index in [9.17, 15) is 9.18 Å². The van der Waals surface area contributed by atoms with Gasteiger partial charge in [-0.15, -0.1) is 11.3 Å². The fourth-order valence-electron chi connectivity index (χ4n) is 3.46. The van der Waals surface area contributed by atoms with Gasteiger partial charge < -0.3 is 15.1 Å². The van der Waals surface area contributed by atoms with Crippen LogP contribution < -0.4 is 15.1 Å². The normalized spacial score (nSPS) is 14.1. The van der Waals surface area contributed by atoms with Gasteiger partial charge in [-0.3, -0.25) is 4.79 Å². The lowest BCUT2D eigenvalue weighted by Gasteiger charge is -2.36. The Labute approximate surface area is 173 Å². The summed E-state index contributed by atoms with van der Waals surface area (Å²) in [4.78, 5) is 21.2. The van der Waals surface area contributed by atoms with Gasteiger partial charge >= 0.3 is 0 Å². The number of aryl methyl sites for hydroxylation is 1. The minimum absolute atomic E-state index is 0.168. The molecule has 1 aliphatic rings. The molecule has 1 N–H and O–H groups in total. The Bertz CT molecular complexity index is 998. The molecule has 1 saturated heterocycles. The first-order valence-electron chi connectivity index (χ1n) is 9.64. The van der Waals surface area contributed by atoms with Crippen LogP contribution in [0.2, 0.25) is 0 Å². The van der Waals surface area contributed by atoms with E-state index in [1.54, 1.807) is 11.4 Å². The number of nitrogens with zero attached hydrogens (tertiary/aromatic N) is 3. The maximum atomic E-state index is 14.0. The number of carbonyl (C=O) groups excluding carboxylic acids is 1. The molecule has 5 nitrogen and oxygen atoms in total. The molecule has 4 rings (SSSR count). The second kappa shape index (κ2) is 8.61. The predicted molar refractivity (Wildman–Crippen MR) is 115 cm³/mol. The average Bonchev–Trinajstić information content (AvgIpc) is 3.23. The lowest BCUT2D eigenvalue weighted by Crippen LogP contribution is -2.46. The van der Waals surface area contributed by atoms with E-state index in [-0.39, 0.29) is 11.7 Å². The molecule has 150 valence electrons. The fraction of sp³-hybridized carbons (Fsp3) is 0.273. The number of anilines is 2. The first-order valence-corrected chi connectivity index (χ1v) is 10.5. The monoisotopic (exact) mass is 410 g/mol. The summed E-state index contributed by atoms with van der Waals surface area (Å²) in [5, 5.41) is 5.56. The molecule has 7 heteroatoms. The number of halogens is 1.